The minimum absolute atomic E-state index is 0.686. The summed E-state index contributed by atoms with van der Waals surface area (Å²) in [6.07, 6.45) is 0. The molecule has 5 heteroatoms. The van der Waals surface area contributed by atoms with Gasteiger partial charge in [0.1, 0.15) is 22.4 Å². The van der Waals surface area contributed by atoms with E-state index in [4.69, 9.17) is 23.8 Å². The molecule has 0 unspecified atom stereocenters. The molecule has 280 valence electrons. The van der Waals surface area contributed by atoms with E-state index >= 15 is 0 Å². The monoisotopic (exact) mass is 767 g/mol. The van der Waals surface area contributed by atoms with Gasteiger partial charge in [-0.1, -0.05) is 170 Å². The van der Waals surface area contributed by atoms with Gasteiger partial charge in [0.25, 0.3) is 0 Å². The Kier molecular flexibility index (Phi) is 7.78. The van der Waals surface area contributed by atoms with Crippen molar-refractivity contribution in [1.29, 1.82) is 0 Å². The summed E-state index contributed by atoms with van der Waals surface area (Å²) in [5.41, 5.74) is 15.3. The van der Waals surface area contributed by atoms with Crippen LogP contribution in [0, 0.1) is 0 Å². The molecule has 12 aromatic rings. The molecule has 4 aromatic heterocycles. The fraction of sp³-hybridized carbons (Fsp3) is 0. The summed E-state index contributed by atoms with van der Waals surface area (Å²) in [4.78, 5) is 15.4. The average molecular weight is 768 g/mol. The van der Waals surface area contributed by atoms with Gasteiger partial charge in [-0.05, 0) is 52.6 Å². The highest BCUT2D eigenvalue weighted by Gasteiger charge is 2.19. The minimum Gasteiger partial charge on any atom is -0.456 e. The molecule has 0 aliphatic rings. The van der Waals surface area contributed by atoms with Crippen LogP contribution in [0.5, 0.6) is 0 Å². The molecular formula is C55H33N3O2. The zero-order valence-electron chi connectivity index (χ0n) is 32.2. The summed E-state index contributed by atoms with van der Waals surface area (Å²) >= 11 is 0. The number of aromatic nitrogens is 3. The molecule has 0 fully saturated rings. The van der Waals surface area contributed by atoms with Crippen LogP contribution in [-0.4, -0.2) is 15.0 Å². The third-order valence-electron chi connectivity index (χ3n) is 11.5. The van der Waals surface area contributed by atoms with Gasteiger partial charge < -0.3 is 8.83 Å². The number of hydrogen-bond donors (Lipinski definition) is 0. The van der Waals surface area contributed by atoms with E-state index in [1.54, 1.807) is 0 Å². The summed E-state index contributed by atoms with van der Waals surface area (Å²) in [6, 6.07) is 69.1. The van der Waals surface area contributed by atoms with Crippen molar-refractivity contribution in [3.63, 3.8) is 0 Å². The fourth-order valence-electron chi connectivity index (χ4n) is 8.59. The third kappa shape index (κ3) is 5.67. The number of rotatable bonds is 6. The standard InChI is InChI=1S/C55H33N3O2/c1-3-12-36(13-4-1)45-33-46(58-55(57-45)39-14-5-2-6-15-39)37-26-28-38(29-27-37)53-54-52(44-17-8-10-20-49(44)60-54)42-31-30-40(32-47(42)56-53)34-22-24-35(25-23-34)41-18-11-21-50-51(41)43-16-7-9-19-48(43)59-50/h1-33H. The number of benzene rings is 8. The topological polar surface area (TPSA) is 65.0 Å². The van der Waals surface area contributed by atoms with E-state index in [0.717, 1.165) is 116 Å². The molecule has 0 amide bonds. The second-order valence-electron chi connectivity index (χ2n) is 15.1. The molecular weight excluding hydrogens is 735 g/mol. The molecule has 0 N–H and O–H groups in total. The first kappa shape index (κ1) is 33.9. The lowest BCUT2D eigenvalue weighted by atomic mass is 9.96. The smallest absolute Gasteiger partial charge is 0.162 e. The maximum absolute atomic E-state index is 6.62. The molecule has 12 rings (SSSR count). The number of fused-ring (bicyclic) bond motifs is 8. The summed E-state index contributed by atoms with van der Waals surface area (Å²) in [6.45, 7) is 0. The van der Waals surface area contributed by atoms with Gasteiger partial charge >= 0.3 is 0 Å². The number of nitrogens with zero attached hydrogens (tertiary/aromatic N) is 3. The van der Waals surface area contributed by atoms with Gasteiger partial charge in [0.15, 0.2) is 11.4 Å². The first-order valence-electron chi connectivity index (χ1n) is 20.1. The van der Waals surface area contributed by atoms with Gasteiger partial charge in [0, 0.05) is 49.2 Å². The zero-order chi connectivity index (χ0) is 39.6. The number of hydrogen-bond acceptors (Lipinski definition) is 5. The van der Waals surface area contributed by atoms with E-state index in [2.05, 4.69) is 121 Å². The lowest BCUT2D eigenvalue weighted by Crippen LogP contribution is -1.96. The number of furan rings is 2. The van der Waals surface area contributed by atoms with E-state index in [-0.39, 0.29) is 0 Å². The Balaban J connectivity index is 0.955. The highest BCUT2D eigenvalue weighted by Crippen LogP contribution is 2.42. The van der Waals surface area contributed by atoms with Crippen molar-refractivity contribution in [3.05, 3.63) is 200 Å². The van der Waals surface area contributed by atoms with Gasteiger partial charge in [-0.15, -0.1) is 0 Å². The SMILES string of the molecule is c1ccc(-c2cc(-c3ccc(-c4nc5cc(-c6ccc(-c7cccc8oc9ccccc9c78)cc6)ccc5c5c4oc4ccccc45)cc3)nc(-c3ccccc3)n2)cc1. The van der Waals surface area contributed by atoms with Crippen LogP contribution in [-0.2, 0) is 0 Å². The molecule has 60 heavy (non-hydrogen) atoms. The number of para-hydroxylation sites is 2. The van der Waals surface area contributed by atoms with Crippen LogP contribution in [0.15, 0.2) is 209 Å². The van der Waals surface area contributed by atoms with E-state index in [0.29, 0.717) is 5.82 Å². The van der Waals surface area contributed by atoms with Crippen LogP contribution in [0.3, 0.4) is 0 Å². The molecule has 0 radical (unpaired) electrons. The summed E-state index contributed by atoms with van der Waals surface area (Å²) in [5.74, 6) is 0.686. The first-order valence-corrected chi connectivity index (χ1v) is 20.1. The first-order chi connectivity index (χ1) is 29.7. The van der Waals surface area contributed by atoms with Crippen LogP contribution >= 0.6 is 0 Å². The fourth-order valence-corrected chi connectivity index (χ4v) is 8.59. The Morgan fingerprint density at radius 3 is 1.60 bits per heavy atom. The van der Waals surface area contributed by atoms with Gasteiger partial charge in [-0.3, -0.25) is 0 Å². The van der Waals surface area contributed by atoms with Crippen molar-refractivity contribution >= 4 is 54.8 Å². The second kappa shape index (κ2) is 13.8. The Labute approximate surface area is 344 Å². The van der Waals surface area contributed by atoms with Gasteiger partial charge in [0.2, 0.25) is 0 Å². The Hall–Kier alpha value is -8.15. The maximum Gasteiger partial charge on any atom is 0.162 e. The molecule has 5 nitrogen and oxygen atoms in total. The van der Waals surface area contributed by atoms with Crippen molar-refractivity contribution in [2.75, 3.05) is 0 Å². The van der Waals surface area contributed by atoms with Gasteiger partial charge in [-0.2, -0.15) is 0 Å². The van der Waals surface area contributed by atoms with Crippen molar-refractivity contribution in [2.24, 2.45) is 0 Å². The number of pyridine rings is 1. The Morgan fingerprint density at radius 1 is 0.317 bits per heavy atom. The lowest BCUT2D eigenvalue weighted by Gasteiger charge is -2.11. The van der Waals surface area contributed by atoms with Crippen LogP contribution in [0.1, 0.15) is 0 Å². The van der Waals surface area contributed by atoms with Gasteiger partial charge in [-0.25, -0.2) is 15.0 Å². The van der Waals surface area contributed by atoms with E-state index < -0.39 is 0 Å². The van der Waals surface area contributed by atoms with E-state index in [1.165, 1.54) is 0 Å². The molecule has 0 spiro atoms. The third-order valence-corrected chi connectivity index (χ3v) is 11.5. The Bertz CT molecular complexity index is 3510. The van der Waals surface area contributed by atoms with E-state index in [1.807, 2.05) is 78.9 Å². The Morgan fingerprint density at radius 2 is 0.867 bits per heavy atom. The minimum atomic E-state index is 0.686. The zero-order valence-corrected chi connectivity index (χ0v) is 32.2. The molecule has 0 aliphatic heterocycles. The molecule has 0 aliphatic carbocycles. The second-order valence-corrected chi connectivity index (χ2v) is 15.1. The van der Waals surface area contributed by atoms with Crippen molar-refractivity contribution in [1.82, 2.24) is 15.0 Å². The van der Waals surface area contributed by atoms with Crippen molar-refractivity contribution in [2.45, 2.75) is 0 Å². The molecule has 4 heterocycles. The largest absolute Gasteiger partial charge is 0.456 e. The normalized spacial score (nSPS) is 11.7. The van der Waals surface area contributed by atoms with E-state index in [9.17, 15) is 0 Å². The quantitative estimate of drug-likeness (QED) is 0.169. The highest BCUT2D eigenvalue weighted by molar-refractivity contribution is 6.21. The lowest BCUT2D eigenvalue weighted by molar-refractivity contribution is 0.668. The molecule has 8 aromatic carbocycles. The molecule has 0 bridgehead atoms. The van der Waals surface area contributed by atoms with Crippen LogP contribution in [0.4, 0.5) is 0 Å². The summed E-state index contributed by atoms with van der Waals surface area (Å²) in [5, 5.41) is 5.45. The van der Waals surface area contributed by atoms with Crippen LogP contribution < -0.4 is 0 Å². The predicted octanol–water partition coefficient (Wildman–Crippen LogP) is 14.8. The van der Waals surface area contributed by atoms with Crippen LogP contribution in [0.25, 0.3) is 122 Å². The van der Waals surface area contributed by atoms with Gasteiger partial charge in [0.05, 0.1) is 16.9 Å². The van der Waals surface area contributed by atoms with Crippen LogP contribution in [0.2, 0.25) is 0 Å². The maximum atomic E-state index is 6.62. The summed E-state index contributed by atoms with van der Waals surface area (Å²) in [7, 11) is 0. The molecule has 0 saturated carbocycles. The molecule has 0 atom stereocenters. The molecule has 0 saturated heterocycles. The highest BCUT2D eigenvalue weighted by atomic mass is 16.3. The van der Waals surface area contributed by atoms with Crippen molar-refractivity contribution in [3.8, 4) is 67.4 Å². The average Bonchev–Trinajstić information content (AvgIpc) is 3.91. The summed E-state index contributed by atoms with van der Waals surface area (Å²) < 4.78 is 12.8. The predicted molar refractivity (Wildman–Crippen MR) is 245 cm³/mol. The van der Waals surface area contributed by atoms with Crippen molar-refractivity contribution < 1.29 is 8.83 Å².